The number of nitrogens with zero attached hydrogens (tertiary/aromatic N) is 2. The van der Waals surface area contributed by atoms with Gasteiger partial charge in [0.2, 0.25) is 0 Å². The molecule has 1 aromatic carbocycles. The Morgan fingerprint density at radius 1 is 1.28 bits per heavy atom. The molecule has 9 heteroatoms. The molecule has 0 unspecified atom stereocenters. The van der Waals surface area contributed by atoms with Crippen LogP contribution in [0.5, 0.6) is 0 Å². The summed E-state index contributed by atoms with van der Waals surface area (Å²) >= 11 is 0. The van der Waals surface area contributed by atoms with Crippen molar-refractivity contribution in [1.82, 2.24) is 4.90 Å². The van der Waals surface area contributed by atoms with Crippen molar-refractivity contribution in [1.29, 1.82) is 0 Å². The summed E-state index contributed by atoms with van der Waals surface area (Å²) < 4.78 is 65.6. The van der Waals surface area contributed by atoms with E-state index >= 15 is 0 Å². The van der Waals surface area contributed by atoms with Crippen LogP contribution in [-0.2, 0) is 9.84 Å². The van der Waals surface area contributed by atoms with Crippen molar-refractivity contribution in [3.05, 3.63) is 54.3 Å². The molecule has 0 aromatic heterocycles. The molecule has 0 spiro atoms. The summed E-state index contributed by atoms with van der Waals surface area (Å²) in [6, 6.07) is 5.35. The number of amidine groups is 1. The van der Waals surface area contributed by atoms with Gasteiger partial charge in [0, 0.05) is 6.20 Å². The minimum atomic E-state index is -5.12. The van der Waals surface area contributed by atoms with Crippen molar-refractivity contribution in [2.45, 2.75) is 29.8 Å². The number of hydrogen-bond acceptors (Lipinski definition) is 5. The number of halogens is 3. The number of aliphatic hydroxyl groups is 1. The average Bonchev–Trinajstić information content (AvgIpc) is 2.80. The lowest BCUT2D eigenvalue weighted by molar-refractivity contribution is -0.264. The molecule has 0 fully saturated rings. The van der Waals surface area contributed by atoms with Crippen molar-refractivity contribution >= 4 is 15.7 Å². The average molecular weight is 372 g/mol. The van der Waals surface area contributed by atoms with E-state index in [-0.39, 0.29) is 10.7 Å². The standard InChI is InChI=1S/C16H15F3N2O3S/c1-11-7-8-21-13(10-25(23,24)12-5-3-2-4-6-12)15(22,16(17,18)19)20-14(21)9-11/h2-9,13,22H,10H2,1H3/t13-,15-/m0/s1. The molecule has 0 aliphatic carbocycles. The molecule has 0 amide bonds. The highest BCUT2D eigenvalue weighted by molar-refractivity contribution is 7.91. The van der Waals surface area contributed by atoms with Crippen molar-refractivity contribution in [3.8, 4) is 0 Å². The van der Waals surface area contributed by atoms with E-state index in [2.05, 4.69) is 4.99 Å². The molecule has 0 bridgehead atoms. The zero-order chi connectivity index (χ0) is 18.5. The molecule has 0 radical (unpaired) electrons. The second-order valence-electron chi connectivity index (χ2n) is 5.92. The smallest absolute Gasteiger partial charge is 0.360 e. The van der Waals surface area contributed by atoms with Gasteiger partial charge in [0.15, 0.2) is 9.84 Å². The molecule has 134 valence electrons. The lowest BCUT2D eigenvalue weighted by Gasteiger charge is -2.33. The van der Waals surface area contributed by atoms with Gasteiger partial charge in [0.1, 0.15) is 11.9 Å². The highest BCUT2D eigenvalue weighted by Gasteiger charge is 2.65. The lowest BCUT2D eigenvalue weighted by Crippen LogP contribution is -2.57. The fourth-order valence-electron chi connectivity index (χ4n) is 2.78. The van der Waals surface area contributed by atoms with Gasteiger partial charge in [-0.25, -0.2) is 13.4 Å². The Balaban J connectivity index is 2.03. The number of rotatable bonds is 3. The maximum Gasteiger partial charge on any atom is 0.440 e. The molecule has 5 nitrogen and oxygen atoms in total. The van der Waals surface area contributed by atoms with Crippen LogP contribution in [0, 0.1) is 0 Å². The first-order chi connectivity index (χ1) is 11.5. The number of benzene rings is 1. The maximum absolute atomic E-state index is 13.5. The Kier molecular flexibility index (Phi) is 4.03. The molecular weight excluding hydrogens is 357 g/mol. The molecule has 2 atom stereocenters. The van der Waals surface area contributed by atoms with Gasteiger partial charge in [-0.2, -0.15) is 13.2 Å². The first-order valence-electron chi connectivity index (χ1n) is 7.36. The van der Waals surface area contributed by atoms with Gasteiger partial charge in [-0.3, -0.25) is 0 Å². The first-order valence-corrected chi connectivity index (χ1v) is 9.01. The van der Waals surface area contributed by atoms with Crippen LogP contribution in [-0.4, -0.2) is 48.0 Å². The van der Waals surface area contributed by atoms with E-state index < -0.39 is 33.5 Å². The zero-order valence-corrected chi connectivity index (χ0v) is 13.9. The van der Waals surface area contributed by atoms with Crippen LogP contribution in [0.2, 0.25) is 0 Å². The normalized spacial score (nSPS) is 26.3. The Bertz CT molecular complexity index is 876. The van der Waals surface area contributed by atoms with E-state index in [0.717, 1.165) is 4.90 Å². The Morgan fingerprint density at radius 3 is 2.52 bits per heavy atom. The molecule has 3 rings (SSSR count). The molecule has 2 aliphatic heterocycles. The summed E-state index contributed by atoms with van der Waals surface area (Å²) in [5.74, 6) is -1.05. The number of fused-ring (bicyclic) bond motifs is 1. The molecule has 1 N–H and O–H groups in total. The number of sulfone groups is 1. The third kappa shape index (κ3) is 2.98. The van der Waals surface area contributed by atoms with E-state index in [0.29, 0.717) is 5.57 Å². The highest BCUT2D eigenvalue weighted by Crippen LogP contribution is 2.42. The molecular formula is C16H15F3N2O3S. The van der Waals surface area contributed by atoms with Crippen LogP contribution in [0.1, 0.15) is 6.92 Å². The minimum Gasteiger partial charge on any atom is -0.360 e. The lowest BCUT2D eigenvalue weighted by atomic mass is 10.1. The summed E-state index contributed by atoms with van der Waals surface area (Å²) in [6.07, 6.45) is -0.915. The van der Waals surface area contributed by atoms with Crippen molar-refractivity contribution < 1.29 is 26.7 Å². The predicted octanol–water partition coefficient (Wildman–Crippen LogP) is 2.27. The number of hydrogen-bond donors (Lipinski definition) is 1. The quantitative estimate of drug-likeness (QED) is 0.884. The van der Waals surface area contributed by atoms with Gasteiger partial charge in [-0.1, -0.05) is 18.2 Å². The highest BCUT2D eigenvalue weighted by atomic mass is 32.2. The van der Waals surface area contributed by atoms with Gasteiger partial charge in [0.25, 0.3) is 5.72 Å². The molecule has 2 heterocycles. The van der Waals surface area contributed by atoms with Gasteiger partial charge in [-0.15, -0.1) is 0 Å². The van der Waals surface area contributed by atoms with E-state index in [1.54, 1.807) is 13.0 Å². The number of aliphatic imine (C=N–C) groups is 1. The minimum absolute atomic E-state index is 0.110. The van der Waals surface area contributed by atoms with E-state index in [1.165, 1.54) is 42.6 Å². The van der Waals surface area contributed by atoms with Crippen LogP contribution in [0.15, 0.2) is 64.1 Å². The SMILES string of the molecule is CC1=CC2=N[C@@](O)(C(F)(F)F)[C@H](CS(=O)(=O)c3ccccc3)N2C=C1. The summed E-state index contributed by atoms with van der Waals surface area (Å²) in [7, 11) is -4.07. The predicted molar refractivity (Wildman–Crippen MR) is 85.5 cm³/mol. The van der Waals surface area contributed by atoms with Gasteiger partial charge >= 0.3 is 6.18 Å². The van der Waals surface area contributed by atoms with E-state index in [9.17, 15) is 26.7 Å². The van der Waals surface area contributed by atoms with E-state index in [1.807, 2.05) is 0 Å². The second kappa shape index (κ2) is 5.70. The second-order valence-corrected chi connectivity index (χ2v) is 7.95. The first kappa shape index (κ1) is 17.7. The van der Waals surface area contributed by atoms with E-state index in [4.69, 9.17) is 0 Å². The fourth-order valence-corrected chi connectivity index (χ4v) is 4.35. The Hall–Kier alpha value is -2.13. The zero-order valence-electron chi connectivity index (χ0n) is 13.1. The largest absolute Gasteiger partial charge is 0.440 e. The third-order valence-corrected chi connectivity index (χ3v) is 5.85. The van der Waals surface area contributed by atoms with Crippen molar-refractivity contribution in [3.63, 3.8) is 0 Å². The van der Waals surface area contributed by atoms with Gasteiger partial charge < -0.3 is 10.0 Å². The Morgan fingerprint density at radius 2 is 1.92 bits per heavy atom. The topological polar surface area (TPSA) is 70.0 Å². The van der Waals surface area contributed by atoms with Gasteiger partial charge in [0.05, 0.1) is 10.6 Å². The van der Waals surface area contributed by atoms with Crippen molar-refractivity contribution in [2.75, 3.05) is 5.75 Å². The number of alkyl halides is 3. The van der Waals surface area contributed by atoms with Crippen LogP contribution in [0.4, 0.5) is 13.2 Å². The van der Waals surface area contributed by atoms with Crippen LogP contribution >= 0.6 is 0 Å². The van der Waals surface area contributed by atoms with Crippen LogP contribution in [0.3, 0.4) is 0 Å². The van der Waals surface area contributed by atoms with Gasteiger partial charge in [-0.05, 0) is 36.8 Å². The Labute approximate surface area is 142 Å². The maximum atomic E-state index is 13.5. The molecule has 1 aromatic rings. The molecule has 25 heavy (non-hydrogen) atoms. The number of allylic oxidation sites excluding steroid dienone is 2. The molecule has 2 aliphatic rings. The molecule has 0 saturated carbocycles. The third-order valence-electron chi connectivity index (χ3n) is 4.10. The molecule has 0 saturated heterocycles. The van der Waals surface area contributed by atoms with Crippen LogP contribution < -0.4 is 0 Å². The summed E-state index contributed by atoms with van der Waals surface area (Å²) in [5.41, 5.74) is -2.86. The summed E-state index contributed by atoms with van der Waals surface area (Å²) in [6.45, 7) is 1.66. The van der Waals surface area contributed by atoms with Crippen LogP contribution in [0.25, 0.3) is 0 Å². The fraction of sp³-hybridized carbons (Fsp3) is 0.312. The monoisotopic (exact) mass is 372 g/mol. The van der Waals surface area contributed by atoms with Crippen molar-refractivity contribution in [2.24, 2.45) is 4.99 Å². The summed E-state index contributed by atoms with van der Waals surface area (Å²) in [4.78, 5) is 4.35. The summed E-state index contributed by atoms with van der Waals surface area (Å²) in [5, 5.41) is 10.2.